The summed E-state index contributed by atoms with van der Waals surface area (Å²) < 4.78 is 5.80. The highest BCUT2D eigenvalue weighted by molar-refractivity contribution is 8.00. The second kappa shape index (κ2) is 7.09. The van der Waals surface area contributed by atoms with Gasteiger partial charge in [0.2, 0.25) is 0 Å². The third-order valence-electron chi connectivity index (χ3n) is 3.16. The minimum absolute atomic E-state index is 0.208. The van der Waals surface area contributed by atoms with Crippen LogP contribution < -0.4 is 5.32 Å². The minimum Gasteiger partial charge on any atom is -0.371 e. The van der Waals surface area contributed by atoms with Gasteiger partial charge < -0.3 is 10.1 Å². The predicted molar refractivity (Wildman–Crippen MR) is 99.5 cm³/mol. The summed E-state index contributed by atoms with van der Waals surface area (Å²) >= 11 is 7.78. The highest BCUT2D eigenvalue weighted by Crippen LogP contribution is 2.30. The van der Waals surface area contributed by atoms with Gasteiger partial charge in [-0.25, -0.2) is 15.0 Å². The molecule has 0 saturated heterocycles. The van der Waals surface area contributed by atoms with Crippen molar-refractivity contribution in [2.45, 2.75) is 38.0 Å². The van der Waals surface area contributed by atoms with Gasteiger partial charge in [0.15, 0.2) is 5.82 Å². The molecular formula is C17H19ClN4OS. The van der Waals surface area contributed by atoms with Crippen molar-refractivity contribution in [3.63, 3.8) is 0 Å². The lowest BCUT2D eigenvalue weighted by atomic mass is 10.2. The number of ether oxygens (including phenoxy) is 1. The average molecular weight is 363 g/mol. The van der Waals surface area contributed by atoms with Gasteiger partial charge in [-0.2, -0.15) is 0 Å². The standard InChI is InChI=1S/C17H19ClN4OS/c1-17(2,3)23-9-11-7-13(18)21-14(8-11)22-15-10-24-16-12(20-15)5-4-6-19-16/h4-8H,9-10H2,1-3H3,(H,20,21,22). The number of aromatic nitrogens is 2. The summed E-state index contributed by atoms with van der Waals surface area (Å²) in [7, 11) is 0. The van der Waals surface area contributed by atoms with Crippen LogP contribution in [0.5, 0.6) is 0 Å². The fourth-order valence-corrected chi connectivity index (χ4v) is 3.15. The van der Waals surface area contributed by atoms with Crippen molar-refractivity contribution in [1.29, 1.82) is 0 Å². The molecule has 0 spiro atoms. The number of hydrogen-bond donors (Lipinski definition) is 1. The quantitative estimate of drug-likeness (QED) is 0.802. The second-order valence-corrected chi connectivity index (χ2v) is 7.74. The molecule has 0 unspecified atom stereocenters. The van der Waals surface area contributed by atoms with E-state index in [2.05, 4.69) is 20.3 Å². The maximum Gasteiger partial charge on any atom is 0.156 e. The number of hydrogen-bond acceptors (Lipinski definition) is 5. The summed E-state index contributed by atoms with van der Waals surface area (Å²) in [4.78, 5) is 13.2. The number of halogens is 1. The van der Waals surface area contributed by atoms with Crippen molar-refractivity contribution in [2.24, 2.45) is 4.99 Å². The lowest BCUT2D eigenvalue weighted by molar-refractivity contribution is -0.0149. The first kappa shape index (κ1) is 17.2. The molecule has 2 aromatic heterocycles. The van der Waals surface area contributed by atoms with Gasteiger partial charge in [0.1, 0.15) is 16.0 Å². The molecule has 0 atom stereocenters. The molecular weight excluding hydrogens is 344 g/mol. The summed E-state index contributed by atoms with van der Waals surface area (Å²) in [5.41, 5.74) is 1.71. The molecule has 7 heteroatoms. The normalized spacial score (nSPS) is 15.9. The van der Waals surface area contributed by atoms with E-state index in [1.807, 2.05) is 39.0 Å². The maximum atomic E-state index is 6.13. The Labute approximate surface area is 150 Å². The second-order valence-electron chi connectivity index (χ2n) is 6.39. The smallest absolute Gasteiger partial charge is 0.156 e. The Bertz CT molecular complexity index is 773. The molecule has 0 bridgehead atoms. The molecule has 2 aromatic rings. The van der Waals surface area contributed by atoms with Gasteiger partial charge in [-0.1, -0.05) is 23.4 Å². The van der Waals surface area contributed by atoms with Crippen molar-refractivity contribution in [3.05, 3.63) is 41.2 Å². The third-order valence-corrected chi connectivity index (χ3v) is 4.37. The number of nitrogens with zero attached hydrogens (tertiary/aromatic N) is 3. The molecule has 3 heterocycles. The molecule has 24 heavy (non-hydrogen) atoms. The highest BCUT2D eigenvalue weighted by Gasteiger charge is 2.15. The van der Waals surface area contributed by atoms with Gasteiger partial charge in [-0.3, -0.25) is 0 Å². The van der Waals surface area contributed by atoms with Crippen LogP contribution in [0.15, 0.2) is 40.5 Å². The number of aliphatic imine (C=N–C) groups is 1. The molecule has 0 radical (unpaired) electrons. The number of amidine groups is 1. The van der Waals surface area contributed by atoms with Gasteiger partial charge in [0.25, 0.3) is 0 Å². The summed E-state index contributed by atoms with van der Waals surface area (Å²) in [5, 5.41) is 4.69. The lowest BCUT2D eigenvalue weighted by Gasteiger charge is -2.20. The molecule has 3 rings (SSSR count). The molecule has 5 nitrogen and oxygen atoms in total. The first-order valence-corrected chi connectivity index (χ1v) is 8.98. The number of rotatable bonds is 3. The molecule has 0 saturated carbocycles. The molecule has 1 aliphatic rings. The Morgan fingerprint density at radius 1 is 1.38 bits per heavy atom. The molecule has 0 aromatic carbocycles. The van der Waals surface area contributed by atoms with Crippen LogP contribution in [-0.2, 0) is 11.3 Å². The van der Waals surface area contributed by atoms with Gasteiger partial charge >= 0.3 is 0 Å². The van der Waals surface area contributed by atoms with Crippen LogP contribution in [0.1, 0.15) is 26.3 Å². The number of anilines is 1. The van der Waals surface area contributed by atoms with E-state index < -0.39 is 0 Å². The van der Waals surface area contributed by atoms with Crippen LogP contribution in [0.25, 0.3) is 0 Å². The lowest BCUT2D eigenvalue weighted by Crippen LogP contribution is -2.20. The summed E-state index contributed by atoms with van der Waals surface area (Å²) in [6, 6.07) is 7.59. The van der Waals surface area contributed by atoms with Crippen LogP contribution >= 0.6 is 23.4 Å². The Balaban J connectivity index is 1.79. The first-order valence-electron chi connectivity index (χ1n) is 7.62. The van der Waals surface area contributed by atoms with E-state index in [9.17, 15) is 0 Å². The van der Waals surface area contributed by atoms with Crippen molar-refractivity contribution in [2.75, 3.05) is 11.1 Å². The van der Waals surface area contributed by atoms with Gasteiger partial charge in [0, 0.05) is 6.20 Å². The zero-order chi connectivity index (χ0) is 17.2. The van der Waals surface area contributed by atoms with E-state index in [-0.39, 0.29) is 5.60 Å². The molecule has 126 valence electrons. The van der Waals surface area contributed by atoms with E-state index in [0.29, 0.717) is 23.3 Å². The summed E-state index contributed by atoms with van der Waals surface area (Å²) in [6.45, 7) is 6.53. The average Bonchev–Trinajstić information content (AvgIpc) is 2.52. The summed E-state index contributed by atoms with van der Waals surface area (Å²) in [6.07, 6.45) is 1.79. The van der Waals surface area contributed by atoms with E-state index in [1.54, 1.807) is 24.0 Å². The molecule has 1 aliphatic heterocycles. The number of fused-ring (bicyclic) bond motifs is 1. The Morgan fingerprint density at radius 3 is 3.00 bits per heavy atom. The Kier molecular flexibility index (Phi) is 5.08. The number of nitrogens with one attached hydrogen (secondary N) is 1. The van der Waals surface area contributed by atoms with Crippen molar-refractivity contribution in [3.8, 4) is 0 Å². The predicted octanol–water partition coefficient (Wildman–Crippen LogP) is 4.69. The Morgan fingerprint density at radius 2 is 2.21 bits per heavy atom. The minimum atomic E-state index is -0.208. The molecule has 1 N–H and O–H groups in total. The van der Waals surface area contributed by atoms with E-state index in [1.165, 1.54) is 0 Å². The molecule has 0 aliphatic carbocycles. The van der Waals surface area contributed by atoms with Crippen molar-refractivity contribution in [1.82, 2.24) is 9.97 Å². The zero-order valence-electron chi connectivity index (χ0n) is 13.8. The van der Waals surface area contributed by atoms with Crippen LogP contribution in [0.2, 0.25) is 5.15 Å². The van der Waals surface area contributed by atoms with E-state index in [0.717, 1.165) is 22.1 Å². The fourth-order valence-electron chi connectivity index (χ4n) is 2.10. The van der Waals surface area contributed by atoms with Gasteiger partial charge in [-0.05, 0) is 50.6 Å². The van der Waals surface area contributed by atoms with Crippen molar-refractivity contribution < 1.29 is 4.74 Å². The van der Waals surface area contributed by atoms with E-state index >= 15 is 0 Å². The zero-order valence-corrected chi connectivity index (χ0v) is 15.4. The van der Waals surface area contributed by atoms with Crippen LogP contribution in [0.4, 0.5) is 11.5 Å². The molecule has 0 fully saturated rings. The fraction of sp³-hybridized carbons (Fsp3) is 0.353. The largest absolute Gasteiger partial charge is 0.371 e. The van der Waals surface area contributed by atoms with Crippen LogP contribution in [0, 0.1) is 0 Å². The van der Waals surface area contributed by atoms with Crippen LogP contribution in [0.3, 0.4) is 0 Å². The molecule has 0 amide bonds. The van der Waals surface area contributed by atoms with E-state index in [4.69, 9.17) is 16.3 Å². The topological polar surface area (TPSA) is 59.4 Å². The summed E-state index contributed by atoms with van der Waals surface area (Å²) in [5.74, 6) is 2.12. The third kappa shape index (κ3) is 4.69. The van der Waals surface area contributed by atoms with Crippen molar-refractivity contribution >= 4 is 40.7 Å². The SMILES string of the molecule is CC(C)(C)OCc1cc(Cl)nc(N=C2CSc3ncccc3N2)c1. The maximum absolute atomic E-state index is 6.13. The van der Waals surface area contributed by atoms with Gasteiger partial charge in [0.05, 0.1) is 23.6 Å². The van der Waals surface area contributed by atoms with Crippen LogP contribution in [-0.4, -0.2) is 27.2 Å². The first-order chi connectivity index (χ1) is 11.4. The highest BCUT2D eigenvalue weighted by atomic mass is 35.5. The monoisotopic (exact) mass is 362 g/mol. The number of pyridine rings is 2. The Hall–Kier alpha value is -1.63. The van der Waals surface area contributed by atoms with Gasteiger partial charge in [-0.15, -0.1) is 0 Å². The number of thioether (sulfide) groups is 1.